The molecule has 1 unspecified atom stereocenters. The Morgan fingerprint density at radius 2 is 1.93 bits per heavy atom. The molecular formula is C23H33IN4O. The summed E-state index contributed by atoms with van der Waals surface area (Å²) in [5.41, 5.74) is 3.88. The van der Waals surface area contributed by atoms with Crippen molar-refractivity contribution in [2.24, 2.45) is 4.99 Å². The third-order valence-electron chi connectivity index (χ3n) is 5.25. The van der Waals surface area contributed by atoms with Crippen LogP contribution in [0.2, 0.25) is 0 Å². The van der Waals surface area contributed by atoms with Crippen molar-refractivity contribution in [2.75, 3.05) is 31.6 Å². The van der Waals surface area contributed by atoms with Gasteiger partial charge in [-0.15, -0.1) is 24.0 Å². The molecule has 158 valence electrons. The number of rotatable bonds is 6. The lowest BCUT2D eigenvalue weighted by Gasteiger charge is -2.27. The van der Waals surface area contributed by atoms with Gasteiger partial charge in [-0.3, -0.25) is 0 Å². The van der Waals surface area contributed by atoms with Gasteiger partial charge in [-0.05, 0) is 49.4 Å². The molecule has 0 amide bonds. The highest BCUT2D eigenvalue weighted by atomic mass is 127. The van der Waals surface area contributed by atoms with Crippen molar-refractivity contribution < 1.29 is 5.11 Å². The summed E-state index contributed by atoms with van der Waals surface area (Å²) in [4.78, 5) is 7.04. The number of halogens is 1. The zero-order chi connectivity index (χ0) is 20.0. The summed E-state index contributed by atoms with van der Waals surface area (Å²) in [5, 5.41) is 17.3. The van der Waals surface area contributed by atoms with Gasteiger partial charge in [0.1, 0.15) is 5.60 Å². The van der Waals surface area contributed by atoms with Crippen molar-refractivity contribution in [3.63, 3.8) is 0 Å². The molecule has 5 nitrogen and oxygen atoms in total. The number of fused-ring (bicyclic) bond motifs is 1. The van der Waals surface area contributed by atoms with Crippen molar-refractivity contribution >= 4 is 35.6 Å². The fourth-order valence-corrected chi connectivity index (χ4v) is 3.60. The summed E-state index contributed by atoms with van der Waals surface area (Å²) in [6, 6.07) is 16.4. The van der Waals surface area contributed by atoms with E-state index in [1.165, 1.54) is 23.2 Å². The summed E-state index contributed by atoms with van der Waals surface area (Å²) < 4.78 is 0. The standard InChI is InChI=1S/C23H32N4O.HI/c1-4-24-22(26-17-23(2,28)20-10-6-5-7-11-20)25-16-18-12-13-21-19(15-18)9-8-14-27(21)3;/h5-7,10-13,15,28H,4,8-9,14,16-17H2,1-3H3,(H2,24,25,26);1H. The second-order valence-electron chi connectivity index (χ2n) is 7.68. The van der Waals surface area contributed by atoms with E-state index in [4.69, 9.17) is 4.99 Å². The van der Waals surface area contributed by atoms with E-state index >= 15 is 0 Å². The SMILES string of the molecule is CCNC(=NCc1ccc2c(c1)CCCN2C)NCC(C)(O)c1ccccc1.I. The maximum Gasteiger partial charge on any atom is 0.191 e. The average Bonchev–Trinajstić information content (AvgIpc) is 2.71. The van der Waals surface area contributed by atoms with Gasteiger partial charge in [-0.25, -0.2) is 4.99 Å². The average molecular weight is 508 g/mol. The number of hydrogen-bond acceptors (Lipinski definition) is 3. The zero-order valence-corrected chi connectivity index (χ0v) is 19.9. The van der Waals surface area contributed by atoms with E-state index in [2.05, 4.69) is 40.8 Å². The normalized spacial score (nSPS) is 15.7. The first-order valence-corrected chi connectivity index (χ1v) is 10.1. The second kappa shape index (κ2) is 10.8. The number of guanidine groups is 1. The number of aliphatic hydroxyl groups is 1. The van der Waals surface area contributed by atoms with Gasteiger partial charge in [0.05, 0.1) is 13.1 Å². The van der Waals surface area contributed by atoms with Gasteiger partial charge in [-0.2, -0.15) is 0 Å². The molecule has 29 heavy (non-hydrogen) atoms. The lowest BCUT2D eigenvalue weighted by Crippen LogP contribution is -2.44. The Morgan fingerprint density at radius 1 is 1.17 bits per heavy atom. The third kappa shape index (κ3) is 6.34. The van der Waals surface area contributed by atoms with Crippen molar-refractivity contribution in [3.05, 3.63) is 65.2 Å². The summed E-state index contributed by atoms with van der Waals surface area (Å²) in [5.74, 6) is 0.716. The van der Waals surface area contributed by atoms with E-state index in [1.807, 2.05) is 44.2 Å². The van der Waals surface area contributed by atoms with Crippen LogP contribution in [0.4, 0.5) is 5.69 Å². The van der Waals surface area contributed by atoms with Crippen molar-refractivity contribution in [1.29, 1.82) is 0 Å². The van der Waals surface area contributed by atoms with Crippen molar-refractivity contribution in [2.45, 2.75) is 38.8 Å². The molecule has 0 aliphatic carbocycles. The second-order valence-corrected chi connectivity index (χ2v) is 7.68. The smallest absolute Gasteiger partial charge is 0.191 e. The number of aryl methyl sites for hydroxylation is 1. The monoisotopic (exact) mass is 508 g/mol. The molecule has 6 heteroatoms. The number of nitrogens with zero attached hydrogens (tertiary/aromatic N) is 2. The highest BCUT2D eigenvalue weighted by Crippen LogP contribution is 2.27. The summed E-state index contributed by atoms with van der Waals surface area (Å²) >= 11 is 0. The Balaban J connectivity index is 0.00000300. The fraction of sp³-hybridized carbons (Fsp3) is 0.435. The van der Waals surface area contributed by atoms with Crippen LogP contribution < -0.4 is 15.5 Å². The molecule has 0 saturated heterocycles. The van der Waals surface area contributed by atoms with E-state index in [0.29, 0.717) is 19.0 Å². The van der Waals surface area contributed by atoms with Gasteiger partial charge in [0, 0.05) is 25.8 Å². The summed E-state index contributed by atoms with van der Waals surface area (Å²) in [6.45, 7) is 6.76. The highest BCUT2D eigenvalue weighted by molar-refractivity contribution is 14.0. The molecule has 0 fully saturated rings. The van der Waals surface area contributed by atoms with E-state index in [-0.39, 0.29) is 24.0 Å². The molecule has 0 spiro atoms. The van der Waals surface area contributed by atoms with Gasteiger partial charge in [0.2, 0.25) is 0 Å². The van der Waals surface area contributed by atoms with Gasteiger partial charge < -0.3 is 20.6 Å². The largest absolute Gasteiger partial charge is 0.384 e. The number of benzene rings is 2. The fourth-order valence-electron chi connectivity index (χ4n) is 3.60. The molecule has 0 bridgehead atoms. The molecule has 3 N–H and O–H groups in total. The topological polar surface area (TPSA) is 59.9 Å². The molecular weight excluding hydrogens is 475 g/mol. The third-order valence-corrected chi connectivity index (χ3v) is 5.25. The van der Waals surface area contributed by atoms with Crippen LogP contribution in [0.25, 0.3) is 0 Å². The van der Waals surface area contributed by atoms with Crippen molar-refractivity contribution in [3.8, 4) is 0 Å². The summed E-state index contributed by atoms with van der Waals surface area (Å²) in [7, 11) is 2.15. The molecule has 1 aliphatic rings. The molecule has 0 aromatic heterocycles. The van der Waals surface area contributed by atoms with Crippen LogP contribution in [-0.2, 0) is 18.6 Å². The molecule has 1 heterocycles. The Morgan fingerprint density at radius 3 is 2.66 bits per heavy atom. The van der Waals surface area contributed by atoms with Crippen molar-refractivity contribution in [1.82, 2.24) is 10.6 Å². The van der Waals surface area contributed by atoms with Gasteiger partial charge in [0.15, 0.2) is 5.96 Å². The summed E-state index contributed by atoms with van der Waals surface area (Å²) in [6.07, 6.45) is 2.34. The Hall–Kier alpha value is -1.80. The minimum absolute atomic E-state index is 0. The maximum absolute atomic E-state index is 10.8. The molecule has 0 radical (unpaired) electrons. The van der Waals surface area contributed by atoms with E-state index < -0.39 is 5.60 Å². The van der Waals surface area contributed by atoms with E-state index in [9.17, 15) is 5.11 Å². The first-order valence-electron chi connectivity index (χ1n) is 10.1. The molecule has 2 aromatic carbocycles. The minimum atomic E-state index is -0.964. The first kappa shape index (κ1) is 23.5. The Bertz CT molecular complexity index is 808. The van der Waals surface area contributed by atoms with E-state index in [0.717, 1.165) is 25.1 Å². The van der Waals surface area contributed by atoms with Crippen LogP contribution in [0.5, 0.6) is 0 Å². The maximum atomic E-state index is 10.8. The zero-order valence-electron chi connectivity index (χ0n) is 17.6. The molecule has 3 rings (SSSR count). The molecule has 1 aliphatic heterocycles. The quantitative estimate of drug-likeness (QED) is 0.317. The van der Waals surface area contributed by atoms with Gasteiger partial charge in [0.25, 0.3) is 0 Å². The lowest BCUT2D eigenvalue weighted by atomic mass is 9.96. The number of nitrogens with one attached hydrogen (secondary N) is 2. The molecule has 2 aromatic rings. The molecule has 1 atom stereocenters. The number of hydrogen-bond donors (Lipinski definition) is 3. The van der Waals surface area contributed by atoms with Crippen LogP contribution in [0.15, 0.2) is 53.5 Å². The first-order chi connectivity index (χ1) is 13.5. The predicted molar refractivity (Wildman–Crippen MR) is 132 cm³/mol. The lowest BCUT2D eigenvalue weighted by molar-refractivity contribution is 0.0617. The Labute approximate surface area is 191 Å². The predicted octanol–water partition coefficient (Wildman–Crippen LogP) is 3.65. The van der Waals surface area contributed by atoms with Crippen LogP contribution in [0.1, 0.15) is 37.0 Å². The van der Waals surface area contributed by atoms with Crippen LogP contribution in [-0.4, -0.2) is 37.7 Å². The van der Waals surface area contributed by atoms with E-state index in [1.54, 1.807) is 0 Å². The van der Waals surface area contributed by atoms with Gasteiger partial charge >= 0.3 is 0 Å². The Kier molecular flexibility index (Phi) is 8.77. The minimum Gasteiger partial charge on any atom is -0.384 e. The van der Waals surface area contributed by atoms with Crippen LogP contribution in [0.3, 0.4) is 0 Å². The van der Waals surface area contributed by atoms with Gasteiger partial charge in [-0.1, -0.05) is 42.5 Å². The number of aliphatic imine (C=N–C) groups is 1. The molecule has 0 saturated carbocycles. The number of anilines is 1. The van der Waals surface area contributed by atoms with Crippen LogP contribution >= 0.6 is 24.0 Å². The van der Waals surface area contributed by atoms with Crippen LogP contribution in [0, 0.1) is 0 Å². The highest BCUT2D eigenvalue weighted by Gasteiger charge is 2.23.